The molecule has 0 bridgehead atoms. The van der Waals surface area contributed by atoms with Crippen LogP contribution in [0.2, 0.25) is 0 Å². The normalized spacial score (nSPS) is 11.2. The molecular formula is C16H11N3. The number of aromatic nitrogens is 3. The van der Waals surface area contributed by atoms with Crippen molar-refractivity contribution < 1.29 is 0 Å². The summed E-state index contributed by atoms with van der Waals surface area (Å²) in [5.74, 6) is 0. The van der Waals surface area contributed by atoms with Crippen molar-refractivity contribution in [2.75, 3.05) is 0 Å². The van der Waals surface area contributed by atoms with Gasteiger partial charge in [0.2, 0.25) is 0 Å². The summed E-state index contributed by atoms with van der Waals surface area (Å²) in [6.45, 7) is 0. The van der Waals surface area contributed by atoms with Gasteiger partial charge in [0.25, 0.3) is 0 Å². The highest BCUT2D eigenvalue weighted by atomic mass is 15.1. The molecule has 2 heterocycles. The summed E-state index contributed by atoms with van der Waals surface area (Å²) in [5.41, 5.74) is 4.41. The molecule has 3 nitrogen and oxygen atoms in total. The molecule has 0 aliphatic rings. The standard InChI is InChI=1S/C16H11N3/c1-3-11-4-2-8-17-16(11)14(5-1)12-6-7-15-13(9-12)10-18-19-15/h1-10H,(H,18,19). The third-order valence-corrected chi connectivity index (χ3v) is 3.38. The van der Waals surface area contributed by atoms with Crippen LogP contribution in [-0.2, 0) is 0 Å². The van der Waals surface area contributed by atoms with Crippen molar-refractivity contribution >= 4 is 21.8 Å². The molecule has 19 heavy (non-hydrogen) atoms. The maximum absolute atomic E-state index is 4.50. The number of nitrogens with one attached hydrogen (secondary N) is 1. The number of pyridine rings is 1. The predicted octanol–water partition coefficient (Wildman–Crippen LogP) is 3.78. The zero-order valence-electron chi connectivity index (χ0n) is 10.2. The quantitative estimate of drug-likeness (QED) is 0.554. The van der Waals surface area contributed by atoms with Crippen LogP contribution < -0.4 is 0 Å². The lowest BCUT2D eigenvalue weighted by molar-refractivity contribution is 1.12. The summed E-state index contributed by atoms with van der Waals surface area (Å²) in [5, 5.41) is 9.30. The van der Waals surface area contributed by atoms with Crippen molar-refractivity contribution in [1.29, 1.82) is 0 Å². The van der Waals surface area contributed by atoms with E-state index in [9.17, 15) is 0 Å². The number of para-hydroxylation sites is 1. The van der Waals surface area contributed by atoms with E-state index in [-0.39, 0.29) is 0 Å². The molecule has 0 atom stereocenters. The van der Waals surface area contributed by atoms with Gasteiger partial charge < -0.3 is 0 Å². The molecule has 0 aliphatic heterocycles. The second kappa shape index (κ2) is 3.92. The van der Waals surface area contributed by atoms with Crippen LogP contribution in [0.5, 0.6) is 0 Å². The number of benzene rings is 2. The topological polar surface area (TPSA) is 41.6 Å². The van der Waals surface area contributed by atoms with Crippen molar-refractivity contribution in [3.05, 3.63) is 60.9 Å². The Bertz CT molecular complexity index is 872. The smallest absolute Gasteiger partial charge is 0.0780 e. The monoisotopic (exact) mass is 245 g/mol. The molecule has 4 rings (SSSR count). The van der Waals surface area contributed by atoms with Crippen LogP contribution in [0.4, 0.5) is 0 Å². The lowest BCUT2D eigenvalue weighted by atomic mass is 10.0. The van der Waals surface area contributed by atoms with Gasteiger partial charge in [0.15, 0.2) is 0 Å². The number of hydrogen-bond acceptors (Lipinski definition) is 2. The maximum atomic E-state index is 4.50. The van der Waals surface area contributed by atoms with E-state index in [1.54, 1.807) is 0 Å². The highest BCUT2D eigenvalue weighted by Crippen LogP contribution is 2.28. The molecule has 90 valence electrons. The number of nitrogens with zero attached hydrogens (tertiary/aromatic N) is 2. The van der Waals surface area contributed by atoms with E-state index in [0.717, 1.165) is 27.4 Å². The van der Waals surface area contributed by atoms with Gasteiger partial charge >= 0.3 is 0 Å². The van der Waals surface area contributed by atoms with E-state index in [0.29, 0.717) is 0 Å². The van der Waals surface area contributed by atoms with Crippen molar-refractivity contribution in [2.45, 2.75) is 0 Å². The molecule has 3 heteroatoms. The Morgan fingerprint density at radius 1 is 0.895 bits per heavy atom. The highest BCUT2D eigenvalue weighted by molar-refractivity contribution is 5.95. The molecule has 2 aromatic heterocycles. The lowest BCUT2D eigenvalue weighted by Gasteiger charge is -2.05. The Labute approximate surface area is 109 Å². The second-order valence-corrected chi connectivity index (χ2v) is 4.55. The van der Waals surface area contributed by atoms with Gasteiger partial charge in [-0.2, -0.15) is 5.10 Å². The lowest BCUT2D eigenvalue weighted by Crippen LogP contribution is -1.84. The van der Waals surface area contributed by atoms with Gasteiger partial charge in [-0.25, -0.2) is 0 Å². The van der Waals surface area contributed by atoms with Gasteiger partial charge in [-0.1, -0.05) is 30.3 Å². The third-order valence-electron chi connectivity index (χ3n) is 3.38. The zero-order valence-corrected chi connectivity index (χ0v) is 10.2. The summed E-state index contributed by atoms with van der Waals surface area (Å²) in [7, 11) is 0. The van der Waals surface area contributed by atoms with Crippen LogP contribution in [-0.4, -0.2) is 15.2 Å². The Balaban J connectivity index is 2.03. The second-order valence-electron chi connectivity index (χ2n) is 4.55. The van der Waals surface area contributed by atoms with E-state index >= 15 is 0 Å². The minimum atomic E-state index is 1.04. The fourth-order valence-electron chi connectivity index (χ4n) is 2.45. The third kappa shape index (κ3) is 1.59. The average molecular weight is 245 g/mol. The van der Waals surface area contributed by atoms with Gasteiger partial charge in [-0.15, -0.1) is 0 Å². The Kier molecular flexibility index (Phi) is 2.12. The molecule has 0 spiro atoms. The molecule has 2 aromatic carbocycles. The summed E-state index contributed by atoms with van der Waals surface area (Å²) in [6, 6.07) is 16.6. The largest absolute Gasteiger partial charge is 0.278 e. The summed E-state index contributed by atoms with van der Waals surface area (Å²) in [6.07, 6.45) is 3.68. The Morgan fingerprint density at radius 2 is 1.84 bits per heavy atom. The van der Waals surface area contributed by atoms with Crippen LogP contribution in [0, 0.1) is 0 Å². The summed E-state index contributed by atoms with van der Waals surface area (Å²) in [4.78, 5) is 4.50. The fourth-order valence-corrected chi connectivity index (χ4v) is 2.45. The van der Waals surface area contributed by atoms with Crippen molar-refractivity contribution in [3.8, 4) is 11.1 Å². The van der Waals surface area contributed by atoms with E-state index in [2.05, 4.69) is 57.6 Å². The SMILES string of the molecule is c1cnc2c(-c3ccc4[nH]ncc4c3)cccc2c1. The number of rotatable bonds is 1. The zero-order chi connectivity index (χ0) is 12.7. The molecular weight excluding hydrogens is 234 g/mol. The molecule has 0 unspecified atom stereocenters. The first kappa shape index (κ1) is 10.3. The molecule has 0 radical (unpaired) electrons. The minimum Gasteiger partial charge on any atom is -0.278 e. The van der Waals surface area contributed by atoms with E-state index in [1.165, 1.54) is 5.56 Å². The highest BCUT2D eigenvalue weighted by Gasteiger charge is 2.05. The molecule has 0 fully saturated rings. The van der Waals surface area contributed by atoms with Gasteiger partial charge in [0, 0.05) is 22.5 Å². The summed E-state index contributed by atoms with van der Waals surface area (Å²) >= 11 is 0. The number of H-pyrrole nitrogens is 1. The van der Waals surface area contributed by atoms with Crippen LogP contribution in [0.15, 0.2) is 60.9 Å². The molecule has 0 amide bonds. The molecule has 1 N–H and O–H groups in total. The molecule has 0 aliphatic carbocycles. The average Bonchev–Trinajstić information content (AvgIpc) is 2.94. The van der Waals surface area contributed by atoms with Crippen LogP contribution >= 0.6 is 0 Å². The van der Waals surface area contributed by atoms with Gasteiger partial charge in [0.1, 0.15) is 0 Å². The molecule has 0 saturated heterocycles. The van der Waals surface area contributed by atoms with Crippen LogP contribution in [0.25, 0.3) is 32.9 Å². The number of aromatic amines is 1. The van der Waals surface area contributed by atoms with Gasteiger partial charge in [-0.05, 0) is 23.8 Å². The predicted molar refractivity (Wildman–Crippen MR) is 76.8 cm³/mol. The van der Waals surface area contributed by atoms with E-state index in [4.69, 9.17) is 0 Å². The van der Waals surface area contributed by atoms with Gasteiger partial charge in [-0.3, -0.25) is 10.1 Å². The first-order valence-electron chi connectivity index (χ1n) is 6.19. The Morgan fingerprint density at radius 3 is 2.84 bits per heavy atom. The van der Waals surface area contributed by atoms with Crippen LogP contribution in [0.3, 0.4) is 0 Å². The minimum absolute atomic E-state index is 1.04. The van der Waals surface area contributed by atoms with E-state index in [1.807, 2.05) is 18.5 Å². The maximum Gasteiger partial charge on any atom is 0.0780 e. The summed E-state index contributed by atoms with van der Waals surface area (Å²) < 4.78 is 0. The van der Waals surface area contributed by atoms with Crippen molar-refractivity contribution in [2.24, 2.45) is 0 Å². The fraction of sp³-hybridized carbons (Fsp3) is 0. The molecule has 4 aromatic rings. The molecule has 0 saturated carbocycles. The van der Waals surface area contributed by atoms with E-state index < -0.39 is 0 Å². The first-order valence-corrected chi connectivity index (χ1v) is 6.19. The van der Waals surface area contributed by atoms with Crippen LogP contribution in [0.1, 0.15) is 0 Å². The number of hydrogen-bond donors (Lipinski definition) is 1. The Hall–Kier alpha value is -2.68. The number of fused-ring (bicyclic) bond motifs is 2. The van der Waals surface area contributed by atoms with Crippen molar-refractivity contribution in [3.63, 3.8) is 0 Å². The van der Waals surface area contributed by atoms with Crippen molar-refractivity contribution in [1.82, 2.24) is 15.2 Å². The first-order chi connectivity index (χ1) is 9.42. The van der Waals surface area contributed by atoms with Gasteiger partial charge in [0.05, 0.1) is 17.2 Å².